The summed E-state index contributed by atoms with van der Waals surface area (Å²) in [5.41, 5.74) is 2.79. The van der Waals surface area contributed by atoms with E-state index in [-0.39, 0.29) is 24.0 Å². The van der Waals surface area contributed by atoms with Gasteiger partial charge in [0.05, 0.1) is 25.1 Å². The lowest BCUT2D eigenvalue weighted by Crippen LogP contribution is -2.26. The molecule has 0 saturated carbocycles. The molecule has 2 aromatic rings. The number of nitrogens with one attached hydrogen (secondary N) is 2. The lowest BCUT2D eigenvalue weighted by Gasteiger charge is -2.22. The van der Waals surface area contributed by atoms with Gasteiger partial charge in [0.1, 0.15) is 11.6 Å². The Morgan fingerprint density at radius 1 is 1.38 bits per heavy atom. The van der Waals surface area contributed by atoms with Gasteiger partial charge in [0.15, 0.2) is 10.7 Å². The Morgan fingerprint density at radius 2 is 2.12 bits per heavy atom. The molecule has 2 N–H and O–H groups in total. The first-order valence-electron chi connectivity index (χ1n) is 11.0. The number of allylic oxidation sites excluding steroid dienone is 1. The van der Waals surface area contributed by atoms with E-state index in [0.717, 1.165) is 22.2 Å². The predicted octanol–water partition coefficient (Wildman–Crippen LogP) is 3.65. The number of ether oxygens (including phenoxy) is 1. The van der Waals surface area contributed by atoms with Crippen molar-refractivity contribution < 1.29 is 18.9 Å². The van der Waals surface area contributed by atoms with Crippen molar-refractivity contribution in [2.75, 3.05) is 18.2 Å². The van der Waals surface area contributed by atoms with Gasteiger partial charge in [-0.1, -0.05) is 12.1 Å². The molecule has 2 atom stereocenters. The molecule has 9 heteroatoms. The number of amides is 1. The number of ketones is 1. The Morgan fingerprint density at radius 3 is 2.76 bits per heavy atom. The number of nitrogens with zero attached hydrogens (tertiary/aromatic N) is 2. The molecule has 1 aromatic carbocycles. The van der Waals surface area contributed by atoms with Crippen molar-refractivity contribution in [2.45, 2.75) is 38.0 Å². The summed E-state index contributed by atoms with van der Waals surface area (Å²) in [7, 11) is 1.46. The lowest BCUT2D eigenvalue weighted by molar-refractivity contribution is -0.115. The topological polar surface area (TPSA) is 128 Å². The monoisotopic (exact) mass is 480 g/mol. The van der Waals surface area contributed by atoms with E-state index in [0.29, 0.717) is 35.7 Å². The van der Waals surface area contributed by atoms with Crippen molar-refractivity contribution >= 4 is 41.1 Å². The quantitative estimate of drug-likeness (QED) is 0.322. The first kappa shape index (κ1) is 25.3. The Balaban J connectivity index is 1.69. The average molecular weight is 481 g/mol. The van der Waals surface area contributed by atoms with E-state index >= 15 is 0 Å². The zero-order valence-corrected chi connectivity index (χ0v) is 20.3. The van der Waals surface area contributed by atoms with Gasteiger partial charge in [-0.2, -0.15) is 0 Å². The average Bonchev–Trinajstić information content (AvgIpc) is 2.82. The van der Waals surface area contributed by atoms with Crippen LogP contribution in [0.4, 0.5) is 5.82 Å². The summed E-state index contributed by atoms with van der Waals surface area (Å²) in [4.78, 5) is 35.0. The molecule has 178 valence electrons. The molecule has 1 aliphatic carbocycles. The Kier molecular flexibility index (Phi) is 8.72. The number of carbonyl (C=O) groups excluding carboxylic acids is 2. The number of methoxy groups -OCH3 is 1. The third kappa shape index (κ3) is 6.18. The van der Waals surface area contributed by atoms with Gasteiger partial charge >= 0.3 is 0 Å². The summed E-state index contributed by atoms with van der Waals surface area (Å²) in [6, 6.07) is 8.88. The predicted molar refractivity (Wildman–Crippen MR) is 133 cm³/mol. The minimum Gasteiger partial charge on any atom is -0.611 e. The van der Waals surface area contributed by atoms with E-state index in [4.69, 9.17) is 10.1 Å². The van der Waals surface area contributed by atoms with Crippen LogP contribution in [-0.2, 0) is 33.5 Å². The molecule has 0 saturated heterocycles. The van der Waals surface area contributed by atoms with Crippen LogP contribution in [0.5, 0.6) is 0 Å². The summed E-state index contributed by atoms with van der Waals surface area (Å²) in [5.74, 6) is 0.545. The molecule has 0 radical (unpaired) electrons. The number of anilines is 1. The van der Waals surface area contributed by atoms with Gasteiger partial charge in [0, 0.05) is 24.1 Å². The molecule has 0 bridgehead atoms. The second-order valence-corrected chi connectivity index (χ2v) is 9.55. The SMILES string of the molecule is CC[S+]([O-])c1ccc(CC(=O)Nc2cc(C)c3c(n2)CCC(/C=N/C(=C\C=N)OC)C3=O)cc1. The molecule has 1 heterocycles. The van der Waals surface area contributed by atoms with Gasteiger partial charge in [-0.05, 0) is 67.2 Å². The van der Waals surface area contributed by atoms with Crippen LogP contribution >= 0.6 is 0 Å². The van der Waals surface area contributed by atoms with Gasteiger partial charge in [-0.25, -0.2) is 9.98 Å². The van der Waals surface area contributed by atoms with E-state index in [1.54, 1.807) is 36.5 Å². The highest BCUT2D eigenvalue weighted by Crippen LogP contribution is 2.28. The summed E-state index contributed by atoms with van der Waals surface area (Å²) >= 11 is -1.02. The summed E-state index contributed by atoms with van der Waals surface area (Å²) < 4.78 is 16.9. The van der Waals surface area contributed by atoms with E-state index < -0.39 is 17.1 Å². The maximum absolute atomic E-state index is 13.0. The molecular formula is C25H28N4O4S. The minimum absolute atomic E-state index is 0.0669. The molecule has 0 fully saturated rings. The van der Waals surface area contributed by atoms with Crippen LogP contribution in [-0.4, -0.2) is 46.5 Å². The third-order valence-corrected chi connectivity index (χ3v) is 6.79. The minimum atomic E-state index is -1.02. The second kappa shape index (κ2) is 11.7. The van der Waals surface area contributed by atoms with Gasteiger partial charge < -0.3 is 20.0 Å². The highest BCUT2D eigenvalue weighted by molar-refractivity contribution is 7.91. The number of fused-ring (bicyclic) bond motifs is 1. The van der Waals surface area contributed by atoms with E-state index in [2.05, 4.69) is 15.3 Å². The largest absolute Gasteiger partial charge is 0.611 e. The highest BCUT2D eigenvalue weighted by Gasteiger charge is 2.29. The summed E-state index contributed by atoms with van der Waals surface area (Å²) in [6.07, 6.45) is 5.32. The zero-order valence-electron chi connectivity index (χ0n) is 19.5. The van der Waals surface area contributed by atoms with Gasteiger partial charge in [0.25, 0.3) is 0 Å². The Labute approximate surface area is 202 Å². The van der Waals surface area contributed by atoms with Crippen molar-refractivity contribution in [1.82, 2.24) is 4.98 Å². The standard InChI is InChI=1S/C25H28N4O4S/c1-4-34(32)19-8-5-17(6-9-19)14-22(30)29-21-13-16(2)24-20(28-21)10-7-18(25(24)31)15-27-23(33-3)11-12-26/h5-6,8-9,11-13,15,18,26H,4,7,10,14H2,1-3H3,(H,28,29,30)/b23-11+,26-12?,27-15+. The normalized spacial score (nSPS) is 16.8. The fraction of sp³-hybridized carbons (Fsp3) is 0.320. The number of carbonyl (C=O) groups is 2. The number of Topliss-reactive ketones (excluding diaryl/α,β-unsaturated/α-hetero) is 1. The van der Waals surface area contributed by atoms with E-state index in [1.165, 1.54) is 13.2 Å². The fourth-order valence-electron chi connectivity index (χ4n) is 3.77. The highest BCUT2D eigenvalue weighted by atomic mass is 32.2. The smallest absolute Gasteiger partial charge is 0.229 e. The van der Waals surface area contributed by atoms with Crippen molar-refractivity contribution in [1.29, 1.82) is 5.41 Å². The molecular weight excluding hydrogens is 452 g/mol. The van der Waals surface area contributed by atoms with Crippen molar-refractivity contribution in [2.24, 2.45) is 10.9 Å². The fourth-order valence-corrected chi connectivity index (χ4v) is 4.54. The van der Waals surface area contributed by atoms with Gasteiger partial charge in [-0.15, -0.1) is 0 Å². The molecule has 1 aromatic heterocycles. The molecule has 34 heavy (non-hydrogen) atoms. The number of benzene rings is 1. The number of aryl methyl sites for hydroxylation is 2. The van der Waals surface area contributed by atoms with Crippen LogP contribution in [0.3, 0.4) is 0 Å². The van der Waals surface area contributed by atoms with Crippen LogP contribution in [0.1, 0.15) is 40.5 Å². The maximum Gasteiger partial charge on any atom is 0.229 e. The summed E-state index contributed by atoms with van der Waals surface area (Å²) in [6.45, 7) is 3.69. The maximum atomic E-state index is 13.0. The number of hydrogen-bond donors (Lipinski definition) is 2. The van der Waals surface area contributed by atoms with Crippen LogP contribution < -0.4 is 5.32 Å². The van der Waals surface area contributed by atoms with Crippen LogP contribution in [0.25, 0.3) is 0 Å². The van der Waals surface area contributed by atoms with Gasteiger partial charge in [-0.3, -0.25) is 9.59 Å². The lowest BCUT2D eigenvalue weighted by atomic mass is 9.84. The van der Waals surface area contributed by atoms with Crippen LogP contribution in [0, 0.1) is 18.3 Å². The number of aliphatic imine (C=N–C) groups is 1. The van der Waals surface area contributed by atoms with Crippen molar-refractivity contribution in [3.63, 3.8) is 0 Å². The Hall–Kier alpha value is -3.30. The molecule has 3 rings (SSSR count). The van der Waals surface area contributed by atoms with Crippen LogP contribution in [0.15, 0.2) is 52.2 Å². The number of pyridine rings is 1. The van der Waals surface area contributed by atoms with E-state index in [1.807, 2.05) is 13.8 Å². The van der Waals surface area contributed by atoms with Crippen molar-refractivity contribution in [3.8, 4) is 0 Å². The first-order chi connectivity index (χ1) is 16.4. The molecule has 8 nitrogen and oxygen atoms in total. The Bertz CT molecular complexity index is 1130. The first-order valence-corrected chi connectivity index (χ1v) is 12.3. The number of rotatable bonds is 9. The van der Waals surface area contributed by atoms with Crippen molar-refractivity contribution in [3.05, 3.63) is 64.7 Å². The molecule has 0 spiro atoms. The number of aromatic nitrogens is 1. The van der Waals surface area contributed by atoms with Crippen LogP contribution in [0.2, 0.25) is 0 Å². The molecule has 1 aliphatic rings. The zero-order chi connectivity index (χ0) is 24.7. The molecule has 2 unspecified atom stereocenters. The summed E-state index contributed by atoms with van der Waals surface area (Å²) in [5, 5.41) is 9.94. The second-order valence-electron chi connectivity index (χ2n) is 7.81. The van der Waals surface area contributed by atoms with Gasteiger partial charge in [0.2, 0.25) is 11.8 Å². The third-order valence-electron chi connectivity index (χ3n) is 5.46. The molecule has 1 amide bonds. The van der Waals surface area contributed by atoms with E-state index in [9.17, 15) is 14.1 Å². The number of hydrogen-bond acceptors (Lipinski definition) is 7. The molecule has 0 aliphatic heterocycles.